The summed E-state index contributed by atoms with van der Waals surface area (Å²) >= 11 is 8.02. The highest BCUT2D eigenvalue weighted by Gasteiger charge is 2.34. The third kappa shape index (κ3) is 18.6. The van der Waals surface area contributed by atoms with Crippen LogP contribution >= 0.6 is 32.6 Å². The number of nitrogens with one attached hydrogen (secondary N) is 2. The zero-order chi connectivity index (χ0) is 47.7. The number of likely N-dealkylation sites (N-methyl/N-ethyl adjacent to an activating group) is 2. The molecular weight excluding hydrogens is 923 g/mol. The van der Waals surface area contributed by atoms with E-state index >= 15 is 0 Å². The smallest absolute Gasteiger partial charge is 0.335 e. The van der Waals surface area contributed by atoms with Crippen LogP contribution in [-0.2, 0) is 26.5 Å². The normalized spacial score (nSPS) is 16.6. The lowest BCUT2D eigenvalue weighted by atomic mass is 9.83. The van der Waals surface area contributed by atoms with Crippen LogP contribution in [0.25, 0.3) is 0 Å². The van der Waals surface area contributed by atoms with Crippen LogP contribution < -0.4 is 14.9 Å². The molecule has 0 spiro atoms. The number of allylic oxidation sites excluding steroid dienone is 5. The van der Waals surface area contributed by atoms with Crippen LogP contribution in [0.15, 0.2) is 121 Å². The SMILES string of the molecule is CCN(CCN(C)c1ccc(C(=O)NS(=O)c2ccc(NC(C)CCN3CCOCC3)c(S(=O)C(F)(F)P)c2)cc1)C/C(CC(C)(C)C)=C(/C)C1=CC=C(Cl)CC1.CSc1ccccc1. The molecule has 3 aromatic carbocycles. The summed E-state index contributed by atoms with van der Waals surface area (Å²) in [7, 11) is -1.53. The first-order valence-electron chi connectivity index (χ1n) is 22.2. The Bertz CT molecular complexity index is 2140. The summed E-state index contributed by atoms with van der Waals surface area (Å²) in [5.41, 5.74) is 5.79. The minimum Gasteiger partial charge on any atom is -0.382 e. The topological polar surface area (TPSA) is 94.2 Å². The van der Waals surface area contributed by atoms with Gasteiger partial charge in [0.15, 0.2) is 11.0 Å². The van der Waals surface area contributed by atoms with Crippen molar-refractivity contribution in [2.75, 3.05) is 82.5 Å². The van der Waals surface area contributed by atoms with Crippen molar-refractivity contribution in [2.24, 2.45) is 5.41 Å². The zero-order valence-electron chi connectivity index (χ0n) is 39.3. The second kappa shape index (κ2) is 26.6. The number of ether oxygens (including phenoxy) is 1. The number of halogens is 3. The third-order valence-corrected chi connectivity index (χ3v) is 15.2. The number of anilines is 2. The molecule has 5 rings (SSSR count). The summed E-state index contributed by atoms with van der Waals surface area (Å²) in [5.74, 6) is -0.586. The summed E-state index contributed by atoms with van der Waals surface area (Å²) in [6.07, 6.45) is 9.82. The first-order chi connectivity index (χ1) is 30.8. The predicted molar refractivity (Wildman–Crippen MR) is 274 cm³/mol. The van der Waals surface area contributed by atoms with E-state index in [1.807, 2.05) is 50.4 Å². The lowest BCUT2D eigenvalue weighted by Crippen LogP contribution is -2.38. The summed E-state index contributed by atoms with van der Waals surface area (Å²) in [6.45, 7) is 20.4. The minimum atomic E-state index is -3.62. The van der Waals surface area contributed by atoms with Gasteiger partial charge >= 0.3 is 5.00 Å². The lowest BCUT2D eigenvalue weighted by molar-refractivity contribution is 0.0370. The predicted octanol–water partition coefficient (Wildman–Crippen LogP) is 11.0. The van der Waals surface area contributed by atoms with Crippen molar-refractivity contribution in [2.45, 2.75) is 92.9 Å². The maximum atomic E-state index is 14.3. The standard InChI is InChI=1S/C42H61ClF2N5O4PS2.C7H8S/c1-8-49(29-34(28-41(4,5)6)31(3)32-9-13-35(43)14-10-32)22-21-48(7)36-15-11-33(12-16-36)40(51)47-57(53)37-17-18-38(39(27-37)56(52)42(44,45)55)46-30(2)19-20-50-23-25-54-26-24-50;1-8-7-5-3-2-4-6-7/h9,11-13,15-18,27,30,46H,8,10,14,19-26,28-29,55H2,1-7H3,(H,47,51);2-6H,1H3/b34-31-;. The van der Waals surface area contributed by atoms with Gasteiger partial charge in [-0.2, -0.15) is 8.78 Å². The van der Waals surface area contributed by atoms with Gasteiger partial charge < -0.3 is 15.0 Å². The summed E-state index contributed by atoms with van der Waals surface area (Å²) in [6, 6.07) is 21.4. The monoisotopic (exact) mass is 991 g/mol. The number of amides is 1. The molecule has 2 N–H and O–H groups in total. The maximum Gasteiger partial charge on any atom is 0.335 e. The summed E-state index contributed by atoms with van der Waals surface area (Å²) < 4.78 is 62.8. The van der Waals surface area contributed by atoms with Crippen LogP contribution in [0.5, 0.6) is 0 Å². The molecule has 9 nitrogen and oxygen atoms in total. The molecule has 358 valence electrons. The van der Waals surface area contributed by atoms with Crippen LogP contribution in [0.4, 0.5) is 20.2 Å². The van der Waals surface area contributed by atoms with Crippen molar-refractivity contribution in [3.05, 3.63) is 112 Å². The number of morpholine rings is 1. The van der Waals surface area contributed by atoms with Crippen LogP contribution in [0, 0.1) is 5.41 Å². The van der Waals surface area contributed by atoms with Gasteiger partial charge in [-0.25, -0.2) is 8.42 Å². The number of alkyl halides is 2. The molecule has 1 fully saturated rings. The van der Waals surface area contributed by atoms with Crippen molar-refractivity contribution in [1.82, 2.24) is 14.5 Å². The maximum absolute atomic E-state index is 14.3. The molecule has 1 aliphatic heterocycles. The Labute approximate surface area is 403 Å². The highest BCUT2D eigenvalue weighted by atomic mass is 35.5. The Kier molecular flexibility index (Phi) is 22.3. The molecule has 1 heterocycles. The highest BCUT2D eigenvalue weighted by molar-refractivity contribution is 7.98. The number of carbonyl (C=O) groups is 1. The molecule has 3 aromatic rings. The van der Waals surface area contributed by atoms with E-state index in [2.05, 4.69) is 83.8 Å². The number of rotatable bonds is 20. The molecule has 1 saturated heterocycles. The number of benzene rings is 3. The first kappa shape index (κ1) is 54.7. The Balaban J connectivity index is 0.00000104. The van der Waals surface area contributed by atoms with Gasteiger partial charge in [0.25, 0.3) is 5.91 Å². The Morgan fingerprint density at radius 1 is 1.00 bits per heavy atom. The van der Waals surface area contributed by atoms with E-state index in [1.165, 1.54) is 49.1 Å². The van der Waals surface area contributed by atoms with Crippen LogP contribution in [-0.4, -0.2) is 107 Å². The van der Waals surface area contributed by atoms with Crippen molar-refractivity contribution >= 4 is 71.7 Å². The Hall–Kier alpha value is -2.94. The molecule has 0 aromatic heterocycles. The average molecular weight is 993 g/mol. The van der Waals surface area contributed by atoms with Gasteiger partial charge in [0.05, 0.1) is 28.7 Å². The highest BCUT2D eigenvalue weighted by Crippen LogP contribution is 2.36. The number of nitrogens with zero attached hydrogens (tertiary/aromatic N) is 3. The quantitative estimate of drug-likeness (QED) is 0.0848. The molecule has 4 atom stereocenters. The molecular formula is C49H69ClF2N5O4PS3. The van der Waals surface area contributed by atoms with Crippen LogP contribution in [0.1, 0.15) is 77.6 Å². The van der Waals surface area contributed by atoms with E-state index < -0.39 is 32.7 Å². The fourth-order valence-corrected chi connectivity index (χ4v) is 10.1. The van der Waals surface area contributed by atoms with E-state index in [0.29, 0.717) is 18.8 Å². The largest absolute Gasteiger partial charge is 0.382 e. The molecule has 65 heavy (non-hydrogen) atoms. The molecule has 0 bridgehead atoms. The van der Waals surface area contributed by atoms with Gasteiger partial charge in [0.2, 0.25) is 0 Å². The van der Waals surface area contributed by atoms with E-state index in [1.54, 1.807) is 23.9 Å². The number of hydrogen-bond acceptors (Lipinski definition) is 9. The van der Waals surface area contributed by atoms with Gasteiger partial charge in [0.1, 0.15) is 10.8 Å². The van der Waals surface area contributed by atoms with Gasteiger partial charge in [0, 0.05) is 73.5 Å². The Morgan fingerprint density at radius 2 is 1.68 bits per heavy atom. The molecule has 2 aliphatic rings. The van der Waals surface area contributed by atoms with Gasteiger partial charge in [-0.3, -0.25) is 19.3 Å². The number of thioether (sulfide) groups is 1. The average Bonchev–Trinajstić information content (AvgIpc) is 3.29. The summed E-state index contributed by atoms with van der Waals surface area (Å²) in [4.78, 5) is 17.6. The molecule has 0 saturated carbocycles. The van der Waals surface area contributed by atoms with Crippen LogP contribution in [0.2, 0.25) is 0 Å². The van der Waals surface area contributed by atoms with E-state index in [4.69, 9.17) is 16.3 Å². The molecule has 16 heteroatoms. The molecule has 0 radical (unpaired) electrons. The fourth-order valence-electron chi connectivity index (χ4n) is 7.34. The van der Waals surface area contributed by atoms with Crippen molar-refractivity contribution in [3.63, 3.8) is 0 Å². The fraction of sp³-hybridized carbons (Fsp3) is 0.490. The third-order valence-electron chi connectivity index (χ3n) is 11.2. The van der Waals surface area contributed by atoms with Crippen LogP contribution in [0.3, 0.4) is 0 Å². The van der Waals surface area contributed by atoms with Crippen molar-refractivity contribution < 1.29 is 26.7 Å². The lowest BCUT2D eigenvalue weighted by Gasteiger charge is -2.30. The van der Waals surface area contributed by atoms with Gasteiger partial charge in [-0.15, -0.1) is 11.8 Å². The molecule has 4 unspecified atom stereocenters. The van der Waals surface area contributed by atoms with E-state index in [0.717, 1.165) is 82.2 Å². The van der Waals surface area contributed by atoms with Crippen molar-refractivity contribution in [1.29, 1.82) is 0 Å². The Morgan fingerprint density at radius 3 is 2.25 bits per heavy atom. The van der Waals surface area contributed by atoms with E-state index in [-0.39, 0.29) is 26.9 Å². The van der Waals surface area contributed by atoms with E-state index in [9.17, 15) is 22.0 Å². The zero-order valence-corrected chi connectivity index (χ0v) is 43.6. The molecule has 1 aliphatic carbocycles. The molecule has 1 amide bonds. The first-order valence-corrected chi connectivity index (χ1v) is 26.6. The number of carbonyl (C=O) groups excluding carboxylic acids is 1. The minimum absolute atomic E-state index is 0.0525. The second-order valence-corrected chi connectivity index (χ2v) is 22.8. The van der Waals surface area contributed by atoms with Crippen molar-refractivity contribution in [3.8, 4) is 0 Å². The number of hydrogen-bond donors (Lipinski definition) is 2. The second-order valence-electron chi connectivity index (χ2n) is 17.6. The summed E-state index contributed by atoms with van der Waals surface area (Å²) in [5, 5.41) is 4.11. The van der Waals surface area contributed by atoms with Gasteiger partial charge in [-0.05, 0) is 139 Å². The van der Waals surface area contributed by atoms with Gasteiger partial charge in [-0.1, -0.05) is 69.1 Å².